The van der Waals surface area contributed by atoms with E-state index in [4.69, 9.17) is 15.2 Å². The molecule has 0 unspecified atom stereocenters. The Bertz CT molecular complexity index is 376. The van der Waals surface area contributed by atoms with Crippen LogP contribution in [0.4, 0.5) is 0 Å². The molecule has 0 fully saturated rings. The number of hydrogen-bond donors (Lipinski definition) is 1. The number of benzene rings is 1. The first-order valence-corrected chi connectivity index (χ1v) is 5.96. The Morgan fingerprint density at radius 3 is 2.50 bits per heavy atom. The second kappa shape index (κ2) is 6.52. The maximum atomic E-state index is 11.7. The van der Waals surface area contributed by atoms with E-state index >= 15 is 0 Å². The molecule has 1 rings (SSSR count). The van der Waals surface area contributed by atoms with Gasteiger partial charge in [0.25, 0.3) is 0 Å². The van der Waals surface area contributed by atoms with E-state index in [1.54, 1.807) is 7.11 Å². The highest BCUT2D eigenvalue weighted by Gasteiger charge is 2.22. The molecule has 1 atom stereocenters. The van der Waals surface area contributed by atoms with E-state index in [2.05, 4.69) is 0 Å². The van der Waals surface area contributed by atoms with Crippen LogP contribution in [0, 0.1) is 0 Å². The van der Waals surface area contributed by atoms with Crippen LogP contribution >= 0.6 is 0 Å². The number of hydrogen-bond acceptors (Lipinski definition) is 4. The van der Waals surface area contributed by atoms with Crippen LogP contribution in [0.3, 0.4) is 0 Å². The van der Waals surface area contributed by atoms with E-state index in [0.29, 0.717) is 6.42 Å². The SMILES string of the molecule is COC(C)(C)COC(=O)[C@@H](N)Cc1ccccc1. The lowest BCUT2D eigenvalue weighted by Crippen LogP contribution is -2.38. The number of methoxy groups -OCH3 is 1. The molecule has 1 aromatic rings. The van der Waals surface area contributed by atoms with Gasteiger partial charge in [0.2, 0.25) is 0 Å². The van der Waals surface area contributed by atoms with Gasteiger partial charge in [-0.3, -0.25) is 4.79 Å². The zero-order chi connectivity index (χ0) is 13.6. The van der Waals surface area contributed by atoms with Crippen molar-refractivity contribution in [2.45, 2.75) is 31.9 Å². The largest absolute Gasteiger partial charge is 0.461 e. The summed E-state index contributed by atoms with van der Waals surface area (Å²) in [5.41, 5.74) is 6.34. The van der Waals surface area contributed by atoms with E-state index in [1.165, 1.54) is 0 Å². The van der Waals surface area contributed by atoms with E-state index < -0.39 is 17.6 Å². The van der Waals surface area contributed by atoms with Gasteiger partial charge in [-0.1, -0.05) is 30.3 Å². The molecule has 0 amide bonds. The van der Waals surface area contributed by atoms with Gasteiger partial charge in [0, 0.05) is 7.11 Å². The predicted molar refractivity (Wildman–Crippen MR) is 70.2 cm³/mol. The third-order valence-electron chi connectivity index (χ3n) is 2.72. The molecule has 0 saturated carbocycles. The summed E-state index contributed by atoms with van der Waals surface area (Å²) >= 11 is 0. The predicted octanol–water partition coefficient (Wildman–Crippen LogP) is 1.52. The van der Waals surface area contributed by atoms with Crippen molar-refractivity contribution >= 4 is 5.97 Å². The first-order chi connectivity index (χ1) is 8.44. The van der Waals surface area contributed by atoms with Gasteiger partial charge in [0.15, 0.2) is 0 Å². The van der Waals surface area contributed by atoms with Crippen molar-refractivity contribution in [3.8, 4) is 0 Å². The van der Waals surface area contributed by atoms with Gasteiger partial charge in [-0.15, -0.1) is 0 Å². The number of esters is 1. The molecule has 4 nitrogen and oxygen atoms in total. The number of ether oxygens (including phenoxy) is 2. The quantitative estimate of drug-likeness (QED) is 0.779. The Balaban J connectivity index is 2.43. The van der Waals surface area contributed by atoms with Crippen molar-refractivity contribution in [2.75, 3.05) is 13.7 Å². The van der Waals surface area contributed by atoms with Crippen LogP contribution in [0.2, 0.25) is 0 Å². The summed E-state index contributed by atoms with van der Waals surface area (Å²) in [5.74, 6) is -0.399. The zero-order valence-electron chi connectivity index (χ0n) is 11.2. The molecule has 1 aromatic carbocycles. The average molecular weight is 251 g/mol. The van der Waals surface area contributed by atoms with Gasteiger partial charge < -0.3 is 15.2 Å². The second-order valence-electron chi connectivity index (χ2n) is 4.87. The number of carbonyl (C=O) groups is 1. The highest BCUT2D eigenvalue weighted by Crippen LogP contribution is 2.09. The molecule has 0 heterocycles. The molecular formula is C14H21NO3. The summed E-state index contributed by atoms with van der Waals surface area (Å²) < 4.78 is 10.3. The van der Waals surface area contributed by atoms with Crippen molar-refractivity contribution in [1.82, 2.24) is 0 Å². The molecule has 100 valence electrons. The van der Waals surface area contributed by atoms with Gasteiger partial charge in [-0.05, 0) is 25.8 Å². The second-order valence-corrected chi connectivity index (χ2v) is 4.87. The number of carbonyl (C=O) groups excluding carboxylic acids is 1. The summed E-state index contributed by atoms with van der Waals surface area (Å²) in [5, 5.41) is 0. The smallest absolute Gasteiger partial charge is 0.323 e. The van der Waals surface area contributed by atoms with Gasteiger partial charge in [0.1, 0.15) is 12.6 Å². The molecule has 0 spiro atoms. The Kier molecular flexibility index (Phi) is 5.31. The molecule has 0 aliphatic carbocycles. The van der Waals surface area contributed by atoms with E-state index in [0.717, 1.165) is 5.56 Å². The first-order valence-electron chi connectivity index (χ1n) is 5.96. The maximum Gasteiger partial charge on any atom is 0.323 e. The van der Waals surface area contributed by atoms with E-state index in [1.807, 2.05) is 44.2 Å². The summed E-state index contributed by atoms with van der Waals surface area (Å²) in [6.45, 7) is 3.90. The van der Waals surface area contributed by atoms with Crippen molar-refractivity contribution in [2.24, 2.45) is 5.73 Å². The monoisotopic (exact) mass is 251 g/mol. The summed E-state index contributed by atoms with van der Waals surface area (Å²) in [6.07, 6.45) is 0.479. The van der Waals surface area contributed by atoms with E-state index in [9.17, 15) is 4.79 Å². The van der Waals surface area contributed by atoms with E-state index in [-0.39, 0.29) is 6.61 Å². The van der Waals surface area contributed by atoms with Gasteiger partial charge in [0.05, 0.1) is 5.60 Å². The van der Waals surface area contributed by atoms with Crippen molar-refractivity contribution < 1.29 is 14.3 Å². The van der Waals surface area contributed by atoms with Gasteiger partial charge in [-0.2, -0.15) is 0 Å². The Labute approximate surface area is 108 Å². The molecule has 0 aliphatic rings. The van der Waals surface area contributed by atoms with Crippen LogP contribution in [0.25, 0.3) is 0 Å². The van der Waals surface area contributed by atoms with Crippen LogP contribution in [0.5, 0.6) is 0 Å². The lowest BCUT2D eigenvalue weighted by atomic mass is 10.1. The summed E-state index contributed by atoms with van der Waals surface area (Å²) in [4.78, 5) is 11.7. The number of nitrogens with two attached hydrogens (primary N) is 1. The van der Waals surface area contributed by atoms with Crippen molar-refractivity contribution in [1.29, 1.82) is 0 Å². The molecule has 0 bridgehead atoms. The van der Waals surface area contributed by atoms with Crippen LogP contribution in [0.1, 0.15) is 19.4 Å². The number of rotatable bonds is 6. The lowest BCUT2D eigenvalue weighted by molar-refractivity contribution is -0.152. The minimum absolute atomic E-state index is 0.199. The normalized spacial score (nSPS) is 13.1. The van der Waals surface area contributed by atoms with Gasteiger partial charge >= 0.3 is 5.97 Å². The molecule has 0 saturated heterocycles. The fourth-order valence-electron chi connectivity index (χ4n) is 1.36. The summed E-state index contributed by atoms with van der Waals surface area (Å²) in [6, 6.07) is 9.00. The average Bonchev–Trinajstić information content (AvgIpc) is 2.37. The fourth-order valence-corrected chi connectivity index (χ4v) is 1.36. The Morgan fingerprint density at radius 1 is 1.33 bits per heavy atom. The van der Waals surface area contributed by atoms with Crippen LogP contribution in [-0.4, -0.2) is 31.3 Å². The molecule has 2 N–H and O–H groups in total. The van der Waals surface area contributed by atoms with Crippen molar-refractivity contribution in [3.05, 3.63) is 35.9 Å². The molecule has 0 aromatic heterocycles. The van der Waals surface area contributed by atoms with Crippen LogP contribution < -0.4 is 5.73 Å². The van der Waals surface area contributed by atoms with Gasteiger partial charge in [-0.25, -0.2) is 0 Å². The Hall–Kier alpha value is -1.39. The third-order valence-corrected chi connectivity index (χ3v) is 2.72. The molecule has 0 aliphatic heterocycles. The maximum absolute atomic E-state index is 11.7. The standard InChI is InChI=1S/C14H21NO3/c1-14(2,17-3)10-18-13(16)12(15)9-11-7-5-4-6-8-11/h4-8,12H,9-10,15H2,1-3H3/t12-/m0/s1. The fraction of sp³-hybridized carbons (Fsp3) is 0.500. The minimum Gasteiger partial charge on any atom is -0.461 e. The zero-order valence-corrected chi connectivity index (χ0v) is 11.2. The minimum atomic E-state index is -0.639. The molecule has 18 heavy (non-hydrogen) atoms. The third kappa shape index (κ3) is 4.85. The highest BCUT2D eigenvalue weighted by molar-refractivity contribution is 5.75. The first kappa shape index (κ1) is 14.7. The molecule has 0 radical (unpaired) electrons. The Morgan fingerprint density at radius 2 is 1.94 bits per heavy atom. The van der Waals surface area contributed by atoms with Crippen molar-refractivity contribution in [3.63, 3.8) is 0 Å². The van der Waals surface area contributed by atoms with Crippen LogP contribution in [-0.2, 0) is 20.7 Å². The lowest BCUT2D eigenvalue weighted by Gasteiger charge is -2.23. The highest BCUT2D eigenvalue weighted by atomic mass is 16.6. The molecular weight excluding hydrogens is 230 g/mol. The molecule has 4 heteroatoms. The summed E-state index contributed by atoms with van der Waals surface area (Å²) in [7, 11) is 1.58. The van der Waals surface area contributed by atoms with Crippen LogP contribution in [0.15, 0.2) is 30.3 Å². The topological polar surface area (TPSA) is 61.5 Å².